The Kier molecular flexibility index (Phi) is 5.02. The van der Waals surface area contributed by atoms with Crippen LogP contribution in [0.3, 0.4) is 0 Å². The highest BCUT2D eigenvalue weighted by molar-refractivity contribution is 7.85. The summed E-state index contributed by atoms with van der Waals surface area (Å²) in [6, 6.07) is 13.7. The van der Waals surface area contributed by atoms with Crippen LogP contribution in [0.2, 0.25) is 0 Å². The lowest BCUT2D eigenvalue weighted by atomic mass is 9.74. The van der Waals surface area contributed by atoms with Gasteiger partial charge in [0.2, 0.25) is 0 Å². The summed E-state index contributed by atoms with van der Waals surface area (Å²) in [7, 11) is -4.28. The summed E-state index contributed by atoms with van der Waals surface area (Å²) in [6.45, 7) is 4.05. The highest BCUT2D eigenvalue weighted by Crippen LogP contribution is 2.47. The van der Waals surface area contributed by atoms with Gasteiger partial charge in [-0.2, -0.15) is 8.42 Å². The Labute approximate surface area is 167 Å². The molecule has 2 aromatic rings. The van der Waals surface area contributed by atoms with Crippen molar-refractivity contribution in [3.63, 3.8) is 0 Å². The summed E-state index contributed by atoms with van der Waals surface area (Å²) in [5, 5.41) is 0. The number of hydrogen-bond donors (Lipinski definition) is 1. The summed E-state index contributed by atoms with van der Waals surface area (Å²) in [6.07, 6.45) is 8.43. The molecule has 0 spiro atoms. The minimum atomic E-state index is -4.28. The zero-order valence-corrected chi connectivity index (χ0v) is 17.2. The highest BCUT2D eigenvalue weighted by Gasteiger charge is 2.33. The topological polar surface area (TPSA) is 54.4 Å². The van der Waals surface area contributed by atoms with Crippen molar-refractivity contribution in [2.45, 2.75) is 56.3 Å². The Morgan fingerprint density at radius 3 is 2.57 bits per heavy atom. The molecule has 0 bridgehead atoms. The quantitative estimate of drug-likeness (QED) is 0.535. The van der Waals surface area contributed by atoms with Crippen molar-refractivity contribution >= 4 is 10.1 Å². The standard InChI is InChI=1S/C24H26O3S/c1-16-11-14-23(28(25,26)27)22(15-16)17(2)24-20-9-5-3-7-18(20)12-13-19-8-4-6-10-21(19)24/h3-7,9,11,14-15,17,24H,8,10,12-13H2,1-2H3,(H,25,26,27). The van der Waals surface area contributed by atoms with Crippen LogP contribution < -0.4 is 0 Å². The van der Waals surface area contributed by atoms with E-state index in [9.17, 15) is 13.0 Å². The molecule has 0 radical (unpaired) electrons. The summed E-state index contributed by atoms with van der Waals surface area (Å²) >= 11 is 0. The molecule has 0 aromatic heterocycles. The highest BCUT2D eigenvalue weighted by atomic mass is 32.2. The Morgan fingerprint density at radius 2 is 1.79 bits per heavy atom. The maximum atomic E-state index is 12.1. The van der Waals surface area contributed by atoms with Gasteiger partial charge in [0, 0.05) is 5.92 Å². The van der Waals surface area contributed by atoms with Gasteiger partial charge >= 0.3 is 0 Å². The maximum absolute atomic E-state index is 12.1. The van der Waals surface area contributed by atoms with Gasteiger partial charge in [-0.3, -0.25) is 4.55 Å². The van der Waals surface area contributed by atoms with Gasteiger partial charge in [-0.1, -0.05) is 72.2 Å². The van der Waals surface area contributed by atoms with Gasteiger partial charge in [0.25, 0.3) is 10.1 Å². The molecule has 0 heterocycles. The molecule has 2 aromatic carbocycles. The Bertz CT molecular complexity index is 1080. The molecule has 0 saturated heterocycles. The van der Waals surface area contributed by atoms with Crippen LogP contribution in [0.25, 0.3) is 0 Å². The SMILES string of the molecule is Cc1ccc(S(=O)(=O)O)c(C(C)C2C3=C(CC=CC3)CCc3ccccc32)c1. The lowest BCUT2D eigenvalue weighted by Crippen LogP contribution is -2.17. The second-order valence-electron chi connectivity index (χ2n) is 7.99. The third-order valence-corrected chi connectivity index (χ3v) is 7.15. The van der Waals surface area contributed by atoms with Crippen molar-refractivity contribution in [1.29, 1.82) is 0 Å². The van der Waals surface area contributed by atoms with Crippen LogP contribution >= 0.6 is 0 Å². The van der Waals surface area contributed by atoms with E-state index in [0.29, 0.717) is 5.56 Å². The maximum Gasteiger partial charge on any atom is 0.294 e. The second-order valence-corrected chi connectivity index (χ2v) is 9.38. The van der Waals surface area contributed by atoms with Gasteiger partial charge in [-0.05, 0) is 61.3 Å². The molecule has 146 valence electrons. The minimum Gasteiger partial charge on any atom is -0.282 e. The molecular weight excluding hydrogens is 368 g/mol. The number of benzene rings is 2. The summed E-state index contributed by atoms with van der Waals surface area (Å²) in [5.41, 5.74) is 7.23. The van der Waals surface area contributed by atoms with Crippen LogP contribution in [0, 0.1) is 6.92 Å². The number of aryl methyl sites for hydroxylation is 2. The third-order valence-electron chi connectivity index (χ3n) is 6.22. The Morgan fingerprint density at radius 1 is 1.04 bits per heavy atom. The van der Waals surface area contributed by atoms with Gasteiger partial charge in [0.05, 0.1) is 4.90 Å². The molecule has 4 heteroatoms. The van der Waals surface area contributed by atoms with E-state index in [1.165, 1.54) is 28.3 Å². The molecule has 2 aliphatic carbocycles. The zero-order valence-electron chi connectivity index (χ0n) is 16.4. The largest absolute Gasteiger partial charge is 0.294 e. The first-order valence-electron chi connectivity index (χ1n) is 9.88. The van der Waals surface area contributed by atoms with Crippen molar-refractivity contribution in [1.82, 2.24) is 0 Å². The second kappa shape index (κ2) is 7.34. The smallest absolute Gasteiger partial charge is 0.282 e. The fourth-order valence-electron chi connectivity index (χ4n) is 4.87. The average Bonchev–Trinajstić information content (AvgIpc) is 2.83. The van der Waals surface area contributed by atoms with E-state index in [0.717, 1.165) is 31.2 Å². The molecule has 2 unspecified atom stereocenters. The van der Waals surface area contributed by atoms with E-state index in [1.54, 1.807) is 6.07 Å². The molecule has 0 amide bonds. The normalized spacial score (nSPS) is 20.3. The first-order valence-corrected chi connectivity index (χ1v) is 11.3. The third kappa shape index (κ3) is 3.47. The van der Waals surface area contributed by atoms with Crippen LogP contribution in [-0.2, 0) is 16.5 Å². The van der Waals surface area contributed by atoms with Crippen LogP contribution in [0.15, 0.2) is 70.7 Å². The van der Waals surface area contributed by atoms with Gasteiger partial charge in [-0.25, -0.2) is 0 Å². The van der Waals surface area contributed by atoms with Gasteiger partial charge in [-0.15, -0.1) is 0 Å². The molecule has 1 N–H and O–H groups in total. The fraction of sp³-hybridized carbons (Fsp3) is 0.333. The van der Waals surface area contributed by atoms with Crippen molar-refractivity contribution < 1.29 is 13.0 Å². The predicted octanol–water partition coefficient (Wildman–Crippen LogP) is 5.72. The molecular formula is C24H26O3S. The van der Waals surface area contributed by atoms with E-state index in [1.807, 2.05) is 13.0 Å². The Hall–Kier alpha value is -2.17. The molecule has 4 rings (SSSR count). The first-order chi connectivity index (χ1) is 13.4. The van der Waals surface area contributed by atoms with E-state index in [2.05, 4.69) is 43.3 Å². The van der Waals surface area contributed by atoms with Gasteiger partial charge in [0.1, 0.15) is 0 Å². The summed E-state index contributed by atoms with van der Waals surface area (Å²) in [4.78, 5) is 0.0285. The molecule has 3 nitrogen and oxygen atoms in total. The van der Waals surface area contributed by atoms with Crippen molar-refractivity contribution in [3.8, 4) is 0 Å². The average molecular weight is 395 g/mol. The van der Waals surface area contributed by atoms with Crippen molar-refractivity contribution in [2.24, 2.45) is 0 Å². The van der Waals surface area contributed by atoms with Gasteiger partial charge in [0.15, 0.2) is 0 Å². The number of allylic oxidation sites excluding steroid dienone is 4. The Balaban J connectivity index is 1.92. The van der Waals surface area contributed by atoms with E-state index in [4.69, 9.17) is 0 Å². The first kappa shape index (κ1) is 19.2. The van der Waals surface area contributed by atoms with Gasteiger partial charge < -0.3 is 0 Å². The van der Waals surface area contributed by atoms with Crippen LogP contribution in [0.1, 0.15) is 60.3 Å². The fourth-order valence-corrected chi connectivity index (χ4v) is 5.65. The molecule has 0 fully saturated rings. The summed E-state index contributed by atoms with van der Waals surface area (Å²) < 4.78 is 34.0. The van der Waals surface area contributed by atoms with Crippen LogP contribution in [0.4, 0.5) is 0 Å². The lowest BCUT2D eigenvalue weighted by molar-refractivity contribution is 0.479. The lowest BCUT2D eigenvalue weighted by Gasteiger charge is -2.31. The summed E-state index contributed by atoms with van der Waals surface area (Å²) in [5.74, 6) is 0.0496. The van der Waals surface area contributed by atoms with Crippen molar-refractivity contribution in [3.05, 3.63) is 88.0 Å². The minimum absolute atomic E-state index is 0.0285. The van der Waals surface area contributed by atoms with Crippen LogP contribution in [0.5, 0.6) is 0 Å². The molecule has 2 atom stereocenters. The van der Waals surface area contributed by atoms with E-state index < -0.39 is 10.1 Å². The molecule has 0 saturated carbocycles. The molecule has 28 heavy (non-hydrogen) atoms. The zero-order chi connectivity index (χ0) is 19.9. The van der Waals surface area contributed by atoms with Crippen LogP contribution in [-0.4, -0.2) is 13.0 Å². The number of rotatable bonds is 3. The monoisotopic (exact) mass is 394 g/mol. The molecule has 0 aliphatic heterocycles. The predicted molar refractivity (Wildman–Crippen MR) is 112 cm³/mol. The van der Waals surface area contributed by atoms with E-state index >= 15 is 0 Å². The van der Waals surface area contributed by atoms with Crippen molar-refractivity contribution in [2.75, 3.05) is 0 Å². The number of hydrogen-bond acceptors (Lipinski definition) is 2. The van der Waals surface area contributed by atoms with E-state index in [-0.39, 0.29) is 16.7 Å². The molecule has 2 aliphatic rings. The number of fused-ring (bicyclic) bond motifs is 1.